The molecular formula is C7H21N3O3Si. The van der Waals surface area contributed by atoms with Crippen molar-refractivity contribution in [3.05, 3.63) is 0 Å². The van der Waals surface area contributed by atoms with Crippen molar-refractivity contribution in [3.8, 4) is 0 Å². The topological polar surface area (TPSA) is 96.8 Å². The van der Waals surface area contributed by atoms with Gasteiger partial charge >= 0.3 is 0 Å². The highest BCUT2D eigenvalue weighted by atomic mass is 28.4. The molecule has 14 heavy (non-hydrogen) atoms. The zero-order valence-corrected chi connectivity index (χ0v) is 10.1. The third-order valence-electron chi connectivity index (χ3n) is 1.49. The first kappa shape index (κ1) is 14.0. The molecule has 0 heterocycles. The molecule has 0 aromatic carbocycles. The van der Waals surface area contributed by atoms with Crippen LogP contribution < -0.4 is 14.9 Å². The molecule has 0 bridgehead atoms. The van der Waals surface area contributed by atoms with E-state index in [0.717, 1.165) is 0 Å². The van der Waals surface area contributed by atoms with Crippen LogP contribution >= 0.6 is 0 Å². The molecule has 86 valence electrons. The molecule has 0 saturated carbocycles. The second-order valence-electron chi connectivity index (χ2n) is 3.59. The summed E-state index contributed by atoms with van der Waals surface area (Å²) in [6.45, 7) is 6.55. The standard InChI is InChI=1S/C7H21N3O3Si/c1-5(11)8-14(4,9-6(2)12)10-7(3)13/h5-13H,1-4H3. The Morgan fingerprint density at radius 2 is 1.00 bits per heavy atom. The van der Waals surface area contributed by atoms with Gasteiger partial charge in [0.05, 0.1) is 18.7 Å². The molecular weight excluding hydrogens is 202 g/mol. The fourth-order valence-electron chi connectivity index (χ4n) is 1.38. The van der Waals surface area contributed by atoms with Crippen molar-refractivity contribution >= 4 is 8.56 Å². The zero-order valence-electron chi connectivity index (χ0n) is 9.07. The van der Waals surface area contributed by atoms with Crippen molar-refractivity contribution in [2.75, 3.05) is 0 Å². The minimum absolute atomic E-state index is 0.704. The molecule has 6 nitrogen and oxygen atoms in total. The van der Waals surface area contributed by atoms with Crippen molar-refractivity contribution in [1.29, 1.82) is 0 Å². The summed E-state index contributed by atoms with van der Waals surface area (Å²) in [5, 5.41) is 27.6. The lowest BCUT2D eigenvalue weighted by molar-refractivity contribution is 0.147. The van der Waals surface area contributed by atoms with Crippen LogP contribution in [0.25, 0.3) is 0 Å². The van der Waals surface area contributed by atoms with E-state index >= 15 is 0 Å². The largest absolute Gasteiger partial charge is 0.379 e. The number of aliphatic hydroxyl groups is 3. The molecule has 7 heteroatoms. The molecule has 0 aliphatic rings. The molecule has 0 rings (SSSR count). The Bertz CT molecular complexity index is 140. The van der Waals surface area contributed by atoms with Gasteiger partial charge in [-0.15, -0.1) is 0 Å². The Morgan fingerprint density at radius 1 is 0.786 bits per heavy atom. The number of hydrogen-bond acceptors (Lipinski definition) is 6. The normalized spacial score (nSPS) is 22.5. The van der Waals surface area contributed by atoms with E-state index in [4.69, 9.17) is 0 Å². The maximum absolute atomic E-state index is 9.19. The smallest absolute Gasteiger partial charge is 0.284 e. The highest BCUT2D eigenvalue weighted by molar-refractivity contribution is 6.71. The predicted molar refractivity (Wildman–Crippen MR) is 56.1 cm³/mol. The van der Waals surface area contributed by atoms with Gasteiger partial charge in [0.1, 0.15) is 0 Å². The number of rotatable bonds is 6. The van der Waals surface area contributed by atoms with Gasteiger partial charge in [-0.05, 0) is 27.3 Å². The molecule has 0 aliphatic carbocycles. The molecule has 0 radical (unpaired) electrons. The lowest BCUT2D eigenvalue weighted by Crippen LogP contribution is -2.75. The molecule has 0 aromatic rings. The lowest BCUT2D eigenvalue weighted by atomic mass is 10.7. The first-order valence-electron chi connectivity index (χ1n) is 4.62. The van der Waals surface area contributed by atoms with Crippen LogP contribution in [0, 0.1) is 0 Å². The Labute approximate surface area is 85.6 Å². The fourth-order valence-corrected chi connectivity index (χ4v) is 4.13. The summed E-state index contributed by atoms with van der Waals surface area (Å²) in [4.78, 5) is 8.61. The van der Waals surface area contributed by atoms with Crippen molar-refractivity contribution in [2.24, 2.45) is 0 Å². The first-order valence-corrected chi connectivity index (χ1v) is 7.12. The molecule has 0 saturated heterocycles. The summed E-state index contributed by atoms with van der Waals surface area (Å²) < 4.78 is 0. The Balaban J connectivity index is 4.32. The van der Waals surface area contributed by atoms with E-state index < -0.39 is 27.2 Å². The third-order valence-corrected chi connectivity index (χ3v) is 4.48. The van der Waals surface area contributed by atoms with Gasteiger partial charge in [0.25, 0.3) is 8.56 Å². The van der Waals surface area contributed by atoms with Gasteiger partial charge < -0.3 is 15.3 Å². The second kappa shape index (κ2) is 5.76. The van der Waals surface area contributed by atoms with E-state index in [9.17, 15) is 15.3 Å². The lowest BCUT2D eigenvalue weighted by Gasteiger charge is -2.33. The van der Waals surface area contributed by atoms with Gasteiger partial charge in [0.2, 0.25) is 0 Å². The van der Waals surface area contributed by atoms with Crippen LogP contribution in [-0.4, -0.2) is 42.6 Å². The molecule has 0 spiro atoms. The predicted octanol–water partition coefficient (Wildman–Crippen LogP) is -1.66. The quantitative estimate of drug-likeness (QED) is 0.238. The highest BCUT2D eigenvalue weighted by Crippen LogP contribution is 1.93. The SMILES string of the molecule is CC(O)N[Si](C)(NC(C)O)NC(C)O. The fraction of sp³-hybridized carbons (Fsp3) is 1.00. The van der Waals surface area contributed by atoms with E-state index in [0.29, 0.717) is 0 Å². The average molecular weight is 223 g/mol. The van der Waals surface area contributed by atoms with Crippen LogP contribution in [0.15, 0.2) is 0 Å². The molecule has 3 unspecified atom stereocenters. The summed E-state index contributed by atoms with van der Waals surface area (Å²) in [5.41, 5.74) is 0. The Hall–Kier alpha value is -0.0231. The van der Waals surface area contributed by atoms with E-state index in [1.807, 2.05) is 0 Å². The zero-order chi connectivity index (χ0) is 11.4. The minimum atomic E-state index is -2.44. The number of hydrogen-bond donors (Lipinski definition) is 6. The van der Waals surface area contributed by atoms with Crippen molar-refractivity contribution in [1.82, 2.24) is 14.9 Å². The summed E-state index contributed by atoms with van der Waals surface area (Å²) in [6.07, 6.45) is -2.11. The molecule has 0 aromatic heterocycles. The van der Waals surface area contributed by atoms with Crippen molar-refractivity contribution < 1.29 is 15.3 Å². The summed E-state index contributed by atoms with van der Waals surface area (Å²) in [5.74, 6) is 0. The highest BCUT2D eigenvalue weighted by Gasteiger charge is 2.31. The third kappa shape index (κ3) is 6.43. The van der Waals surface area contributed by atoms with E-state index in [1.165, 1.54) is 0 Å². The molecule has 0 amide bonds. The monoisotopic (exact) mass is 223 g/mol. The van der Waals surface area contributed by atoms with Gasteiger partial charge in [-0.3, -0.25) is 14.9 Å². The number of aliphatic hydroxyl groups excluding tert-OH is 3. The van der Waals surface area contributed by atoms with Crippen LogP contribution in [0.1, 0.15) is 20.8 Å². The van der Waals surface area contributed by atoms with Crippen molar-refractivity contribution in [3.63, 3.8) is 0 Å². The summed E-state index contributed by atoms with van der Waals surface area (Å²) in [6, 6.07) is 0. The first-order chi connectivity index (χ1) is 6.25. The van der Waals surface area contributed by atoms with Crippen LogP contribution in [0.3, 0.4) is 0 Å². The van der Waals surface area contributed by atoms with Crippen LogP contribution in [0.4, 0.5) is 0 Å². The van der Waals surface area contributed by atoms with Gasteiger partial charge in [-0.1, -0.05) is 0 Å². The number of nitrogens with one attached hydrogen (secondary N) is 3. The van der Waals surface area contributed by atoms with Gasteiger partial charge in [-0.25, -0.2) is 0 Å². The van der Waals surface area contributed by atoms with Gasteiger partial charge in [0, 0.05) is 0 Å². The molecule has 0 aliphatic heterocycles. The van der Waals surface area contributed by atoms with Crippen LogP contribution in [0.2, 0.25) is 6.55 Å². The van der Waals surface area contributed by atoms with Gasteiger partial charge in [-0.2, -0.15) is 0 Å². The van der Waals surface area contributed by atoms with E-state index in [2.05, 4.69) is 14.9 Å². The summed E-state index contributed by atoms with van der Waals surface area (Å²) in [7, 11) is -2.44. The molecule has 0 fully saturated rings. The average Bonchev–Trinajstić information content (AvgIpc) is 1.76. The Kier molecular flexibility index (Phi) is 5.75. The maximum atomic E-state index is 9.19. The van der Waals surface area contributed by atoms with E-state index in [1.54, 1.807) is 27.3 Å². The molecule has 6 N–H and O–H groups in total. The summed E-state index contributed by atoms with van der Waals surface area (Å²) >= 11 is 0. The maximum Gasteiger partial charge on any atom is 0.284 e. The van der Waals surface area contributed by atoms with Crippen LogP contribution in [0.5, 0.6) is 0 Å². The molecule has 3 atom stereocenters. The van der Waals surface area contributed by atoms with Crippen LogP contribution in [-0.2, 0) is 0 Å². The van der Waals surface area contributed by atoms with Gasteiger partial charge in [0.15, 0.2) is 0 Å². The second-order valence-corrected chi connectivity index (χ2v) is 6.70. The van der Waals surface area contributed by atoms with Crippen molar-refractivity contribution in [2.45, 2.75) is 46.0 Å². The minimum Gasteiger partial charge on any atom is -0.379 e. The Morgan fingerprint density at radius 3 is 1.14 bits per heavy atom. The van der Waals surface area contributed by atoms with E-state index in [-0.39, 0.29) is 0 Å².